The molecule has 1 rings (SSSR count). The lowest BCUT2D eigenvalue weighted by Crippen LogP contribution is -2.20. The van der Waals surface area contributed by atoms with Crippen molar-refractivity contribution in [3.05, 3.63) is 34.9 Å². The molecule has 0 heterocycles. The van der Waals surface area contributed by atoms with Crippen LogP contribution in [-0.4, -0.2) is 12.6 Å². The number of halogens is 2. The summed E-state index contributed by atoms with van der Waals surface area (Å²) in [7, 11) is 0. The smallest absolute Gasteiger partial charge is 0.344 e. The van der Waals surface area contributed by atoms with Crippen LogP contribution in [0.2, 0.25) is 0 Å². The van der Waals surface area contributed by atoms with Gasteiger partial charge in [-0.05, 0) is 24.0 Å². The Labute approximate surface area is 99.6 Å². The summed E-state index contributed by atoms with van der Waals surface area (Å²) in [6.07, 6.45) is 0. The summed E-state index contributed by atoms with van der Waals surface area (Å²) in [6.45, 7) is 7.17. The van der Waals surface area contributed by atoms with Crippen LogP contribution in [0.5, 0.6) is 0 Å². The summed E-state index contributed by atoms with van der Waals surface area (Å²) in [5.41, 5.74) is -0.643. The number of benzene rings is 1. The van der Waals surface area contributed by atoms with Crippen LogP contribution in [0.3, 0.4) is 0 Å². The Morgan fingerprint density at radius 1 is 1.29 bits per heavy atom. The minimum atomic E-state index is -0.960. The largest absolute Gasteiger partial charge is 0.461 e. The number of carbonyl (C=O) groups is 1. The predicted octanol–water partition coefficient (Wildman–Crippen LogP) is 3.48. The molecule has 0 aliphatic heterocycles. The van der Waals surface area contributed by atoms with Crippen LogP contribution in [0, 0.1) is 24.0 Å². The van der Waals surface area contributed by atoms with Crippen molar-refractivity contribution in [3.63, 3.8) is 0 Å². The highest BCUT2D eigenvalue weighted by Gasteiger charge is 2.22. The van der Waals surface area contributed by atoms with Crippen molar-refractivity contribution < 1.29 is 18.3 Å². The van der Waals surface area contributed by atoms with Gasteiger partial charge in [0, 0.05) is 0 Å². The lowest BCUT2D eigenvalue weighted by atomic mass is 9.99. The molecule has 0 amide bonds. The minimum Gasteiger partial charge on any atom is -0.461 e. The van der Waals surface area contributed by atoms with Gasteiger partial charge in [-0.1, -0.05) is 26.8 Å². The van der Waals surface area contributed by atoms with E-state index in [-0.39, 0.29) is 17.6 Å². The highest BCUT2D eigenvalue weighted by Crippen LogP contribution is 2.19. The Hall–Kier alpha value is -1.45. The van der Waals surface area contributed by atoms with E-state index >= 15 is 0 Å². The summed E-state index contributed by atoms with van der Waals surface area (Å²) in [5.74, 6) is -2.71. The molecule has 0 N–H and O–H groups in total. The molecule has 0 fully saturated rings. The first-order valence-corrected chi connectivity index (χ1v) is 5.34. The van der Waals surface area contributed by atoms with E-state index in [2.05, 4.69) is 0 Å². The maximum absolute atomic E-state index is 13.6. The van der Waals surface area contributed by atoms with Crippen LogP contribution in [0.25, 0.3) is 0 Å². The Morgan fingerprint density at radius 3 is 2.41 bits per heavy atom. The third kappa shape index (κ3) is 3.51. The van der Waals surface area contributed by atoms with Crippen LogP contribution >= 0.6 is 0 Å². The van der Waals surface area contributed by atoms with E-state index in [1.807, 2.05) is 20.8 Å². The summed E-state index contributed by atoms with van der Waals surface area (Å²) < 4.78 is 31.8. The average molecular weight is 242 g/mol. The summed E-state index contributed by atoms with van der Waals surface area (Å²) in [4.78, 5) is 11.6. The predicted molar refractivity (Wildman–Crippen MR) is 60.8 cm³/mol. The molecule has 0 radical (unpaired) electrons. The van der Waals surface area contributed by atoms with Gasteiger partial charge >= 0.3 is 5.97 Å². The fourth-order valence-electron chi connectivity index (χ4n) is 1.20. The summed E-state index contributed by atoms with van der Waals surface area (Å²) in [6, 6.07) is 2.34. The third-order valence-electron chi connectivity index (χ3n) is 2.12. The molecule has 0 unspecified atom stereocenters. The Balaban J connectivity index is 2.93. The second-order valence-electron chi connectivity index (χ2n) is 5.19. The van der Waals surface area contributed by atoms with Gasteiger partial charge in [-0.15, -0.1) is 0 Å². The first kappa shape index (κ1) is 13.6. The maximum Gasteiger partial charge on any atom is 0.344 e. The van der Waals surface area contributed by atoms with E-state index < -0.39 is 23.2 Å². The number of carbonyl (C=O) groups excluding carboxylic acids is 1. The molecular formula is C13H16F2O2. The normalized spacial score (nSPS) is 11.4. The molecule has 0 aromatic heterocycles. The Kier molecular flexibility index (Phi) is 3.86. The SMILES string of the molecule is Cc1ccc(F)c(C(=O)OCC(C)(C)C)c1F. The van der Waals surface area contributed by atoms with E-state index in [0.29, 0.717) is 0 Å². The number of esters is 1. The van der Waals surface area contributed by atoms with Crippen LogP contribution < -0.4 is 0 Å². The number of hydrogen-bond donors (Lipinski definition) is 0. The zero-order valence-electron chi connectivity index (χ0n) is 10.4. The van der Waals surface area contributed by atoms with Crippen molar-refractivity contribution in [2.75, 3.05) is 6.61 Å². The van der Waals surface area contributed by atoms with Crippen LogP contribution in [0.4, 0.5) is 8.78 Å². The lowest BCUT2D eigenvalue weighted by Gasteiger charge is -2.18. The van der Waals surface area contributed by atoms with Gasteiger partial charge in [0.05, 0.1) is 6.61 Å². The number of aryl methyl sites for hydroxylation is 1. The molecule has 0 bridgehead atoms. The molecule has 0 spiro atoms. The average Bonchev–Trinajstić information content (AvgIpc) is 2.20. The number of ether oxygens (including phenoxy) is 1. The van der Waals surface area contributed by atoms with E-state index in [1.165, 1.54) is 13.0 Å². The van der Waals surface area contributed by atoms with E-state index in [0.717, 1.165) is 6.07 Å². The minimum absolute atomic E-state index is 0.110. The molecular weight excluding hydrogens is 226 g/mol. The highest BCUT2D eigenvalue weighted by atomic mass is 19.1. The first-order chi connectivity index (χ1) is 7.72. The van der Waals surface area contributed by atoms with Gasteiger partial charge in [-0.3, -0.25) is 0 Å². The van der Waals surface area contributed by atoms with Crippen LogP contribution in [-0.2, 0) is 4.74 Å². The Bertz CT molecular complexity index is 434. The third-order valence-corrected chi connectivity index (χ3v) is 2.12. The molecule has 4 heteroatoms. The van der Waals surface area contributed by atoms with Gasteiger partial charge in [0.2, 0.25) is 0 Å². The lowest BCUT2D eigenvalue weighted by molar-refractivity contribution is 0.0356. The van der Waals surface area contributed by atoms with E-state index in [9.17, 15) is 13.6 Å². The maximum atomic E-state index is 13.6. The second kappa shape index (κ2) is 4.82. The van der Waals surface area contributed by atoms with E-state index in [4.69, 9.17) is 4.74 Å². The Morgan fingerprint density at radius 2 is 1.88 bits per heavy atom. The molecule has 0 aliphatic carbocycles. The van der Waals surface area contributed by atoms with Gasteiger partial charge in [-0.2, -0.15) is 0 Å². The monoisotopic (exact) mass is 242 g/mol. The van der Waals surface area contributed by atoms with Gasteiger partial charge < -0.3 is 4.74 Å². The molecule has 1 aromatic carbocycles. The molecule has 1 aromatic rings. The van der Waals surface area contributed by atoms with Crippen molar-refractivity contribution >= 4 is 5.97 Å². The van der Waals surface area contributed by atoms with Gasteiger partial charge in [0.15, 0.2) is 0 Å². The summed E-state index contributed by atoms with van der Waals surface area (Å²) in [5, 5.41) is 0. The first-order valence-electron chi connectivity index (χ1n) is 5.34. The fourth-order valence-corrected chi connectivity index (χ4v) is 1.20. The van der Waals surface area contributed by atoms with Gasteiger partial charge in [0.25, 0.3) is 0 Å². The fraction of sp³-hybridized carbons (Fsp3) is 0.462. The molecule has 0 saturated heterocycles. The topological polar surface area (TPSA) is 26.3 Å². The zero-order chi connectivity index (χ0) is 13.2. The second-order valence-corrected chi connectivity index (χ2v) is 5.19. The zero-order valence-corrected chi connectivity index (χ0v) is 10.4. The van der Waals surface area contributed by atoms with Crippen molar-refractivity contribution in [2.45, 2.75) is 27.7 Å². The number of hydrogen-bond acceptors (Lipinski definition) is 2. The van der Waals surface area contributed by atoms with Crippen molar-refractivity contribution in [3.8, 4) is 0 Å². The van der Waals surface area contributed by atoms with Crippen LogP contribution in [0.1, 0.15) is 36.7 Å². The quantitative estimate of drug-likeness (QED) is 0.742. The van der Waals surface area contributed by atoms with Crippen molar-refractivity contribution in [2.24, 2.45) is 5.41 Å². The standard InChI is InChI=1S/C13H16F2O2/c1-8-5-6-9(14)10(11(8)15)12(16)17-7-13(2,3)4/h5-6H,7H2,1-4H3. The molecule has 17 heavy (non-hydrogen) atoms. The molecule has 94 valence electrons. The molecule has 0 atom stereocenters. The van der Waals surface area contributed by atoms with Crippen molar-refractivity contribution in [1.82, 2.24) is 0 Å². The molecule has 0 aliphatic rings. The molecule has 2 nitrogen and oxygen atoms in total. The van der Waals surface area contributed by atoms with Gasteiger partial charge in [0.1, 0.15) is 17.2 Å². The van der Waals surface area contributed by atoms with E-state index in [1.54, 1.807) is 0 Å². The highest BCUT2D eigenvalue weighted by molar-refractivity contribution is 5.90. The van der Waals surface area contributed by atoms with Gasteiger partial charge in [-0.25, -0.2) is 13.6 Å². The summed E-state index contributed by atoms with van der Waals surface area (Å²) >= 11 is 0. The van der Waals surface area contributed by atoms with Crippen LogP contribution in [0.15, 0.2) is 12.1 Å². The van der Waals surface area contributed by atoms with Crippen molar-refractivity contribution in [1.29, 1.82) is 0 Å². The number of rotatable bonds is 2. The molecule has 0 saturated carbocycles.